The summed E-state index contributed by atoms with van der Waals surface area (Å²) in [6.45, 7) is 0.605. The van der Waals surface area contributed by atoms with Crippen molar-refractivity contribution in [3.8, 4) is 0 Å². The Kier molecular flexibility index (Phi) is 3.98. The fourth-order valence-electron chi connectivity index (χ4n) is 6.29. The smallest absolute Gasteiger partial charge is 0.210 e. The van der Waals surface area contributed by atoms with Crippen molar-refractivity contribution >= 4 is 23.2 Å². The highest BCUT2D eigenvalue weighted by atomic mass is 35.5. The molecule has 0 aromatic rings. The Balaban J connectivity index is 2.02. The SMILES string of the molecule is COC1=CC(=O)C2(C(Cl)CC34CC(OC)=C(OC)C(=O)C23CCN4C)C1O. The van der Waals surface area contributed by atoms with Crippen molar-refractivity contribution in [2.75, 3.05) is 34.9 Å². The van der Waals surface area contributed by atoms with Crippen molar-refractivity contribution in [2.45, 2.75) is 36.3 Å². The van der Waals surface area contributed by atoms with Gasteiger partial charge in [-0.1, -0.05) is 0 Å². The van der Waals surface area contributed by atoms with Gasteiger partial charge in [0.2, 0.25) is 11.5 Å². The lowest BCUT2D eigenvalue weighted by Gasteiger charge is -2.52. The summed E-state index contributed by atoms with van der Waals surface area (Å²) in [4.78, 5) is 29.3. The maximum atomic E-state index is 13.9. The molecule has 2 fully saturated rings. The quantitative estimate of drug-likeness (QED) is 0.711. The Morgan fingerprint density at radius 3 is 2.48 bits per heavy atom. The van der Waals surface area contributed by atoms with Crippen LogP contribution < -0.4 is 0 Å². The average Bonchev–Trinajstić information content (AvgIpc) is 3.17. The lowest BCUT2D eigenvalue weighted by molar-refractivity contribution is -0.159. The molecule has 1 heterocycles. The van der Waals surface area contributed by atoms with Crippen LogP contribution in [-0.4, -0.2) is 73.5 Å². The van der Waals surface area contributed by atoms with Gasteiger partial charge in [-0.3, -0.25) is 14.5 Å². The van der Waals surface area contributed by atoms with E-state index in [1.54, 1.807) is 0 Å². The Hall–Kier alpha value is -1.57. The molecule has 1 spiro atoms. The number of rotatable bonds is 3. The van der Waals surface area contributed by atoms with Gasteiger partial charge in [-0.15, -0.1) is 11.6 Å². The lowest BCUT2D eigenvalue weighted by Crippen LogP contribution is -2.65. The number of ether oxygens (including phenoxy) is 3. The number of halogens is 1. The molecule has 1 aliphatic heterocycles. The standard InChI is InChI=1S/C19H24ClNO6/c1-21-6-5-18-16(24)14(27-4)11(26-3)8-17(18,21)9-12(20)19(18)13(22)7-10(25-2)15(19)23/h7,12,15,23H,5-6,8-9H2,1-4H3. The monoisotopic (exact) mass is 397 g/mol. The zero-order chi connectivity index (χ0) is 19.8. The Bertz CT molecular complexity index is 793. The normalized spacial score (nSPS) is 43.9. The second-order valence-corrected chi connectivity index (χ2v) is 8.36. The third-order valence-corrected chi connectivity index (χ3v) is 7.93. The van der Waals surface area contributed by atoms with E-state index < -0.39 is 27.8 Å². The third kappa shape index (κ3) is 1.72. The van der Waals surface area contributed by atoms with Crippen LogP contribution in [-0.2, 0) is 23.8 Å². The number of aliphatic hydroxyl groups excluding tert-OH is 1. The van der Waals surface area contributed by atoms with Gasteiger partial charge in [0.25, 0.3) is 0 Å². The second-order valence-electron chi connectivity index (χ2n) is 7.83. The predicted octanol–water partition coefficient (Wildman–Crippen LogP) is 0.996. The lowest BCUT2D eigenvalue weighted by atomic mass is 9.52. The first kappa shape index (κ1) is 18.8. The maximum absolute atomic E-state index is 13.9. The molecule has 5 unspecified atom stereocenters. The number of aliphatic hydroxyl groups is 1. The first-order chi connectivity index (χ1) is 12.8. The molecule has 4 aliphatic rings. The van der Waals surface area contributed by atoms with Gasteiger partial charge in [-0.05, 0) is 26.4 Å². The van der Waals surface area contributed by atoms with Crippen LogP contribution in [0, 0.1) is 10.8 Å². The van der Waals surface area contributed by atoms with Gasteiger partial charge in [0.1, 0.15) is 17.6 Å². The van der Waals surface area contributed by atoms with E-state index in [9.17, 15) is 14.7 Å². The van der Waals surface area contributed by atoms with E-state index in [-0.39, 0.29) is 23.1 Å². The van der Waals surface area contributed by atoms with E-state index in [0.717, 1.165) is 0 Å². The third-order valence-electron chi connectivity index (χ3n) is 7.43. The fraction of sp³-hybridized carbons (Fsp3) is 0.684. The molecule has 8 heteroatoms. The number of alkyl halides is 1. The molecule has 0 aromatic heterocycles. The number of methoxy groups -OCH3 is 3. The Morgan fingerprint density at radius 2 is 1.93 bits per heavy atom. The summed E-state index contributed by atoms with van der Waals surface area (Å²) in [5.41, 5.74) is -3.41. The highest BCUT2D eigenvalue weighted by Gasteiger charge is 2.84. The number of carbonyl (C=O) groups excluding carboxylic acids is 2. The van der Waals surface area contributed by atoms with Crippen LogP contribution in [0.15, 0.2) is 23.4 Å². The van der Waals surface area contributed by atoms with E-state index in [1.807, 2.05) is 7.05 Å². The maximum Gasteiger partial charge on any atom is 0.210 e. The Morgan fingerprint density at radius 1 is 1.22 bits per heavy atom. The number of likely N-dealkylation sites (tertiary alicyclic amines) is 1. The minimum absolute atomic E-state index is 0.111. The van der Waals surface area contributed by atoms with Crippen LogP contribution in [0.5, 0.6) is 0 Å². The molecule has 1 saturated heterocycles. The minimum Gasteiger partial charge on any atom is -0.498 e. The molecule has 0 aromatic carbocycles. The molecule has 0 bridgehead atoms. The molecule has 148 valence electrons. The van der Waals surface area contributed by atoms with Crippen molar-refractivity contribution in [1.82, 2.24) is 4.90 Å². The van der Waals surface area contributed by atoms with Gasteiger partial charge in [0.05, 0.1) is 37.5 Å². The van der Waals surface area contributed by atoms with Crippen molar-refractivity contribution in [2.24, 2.45) is 10.8 Å². The van der Waals surface area contributed by atoms with Gasteiger partial charge in [-0.2, -0.15) is 0 Å². The predicted molar refractivity (Wildman–Crippen MR) is 95.9 cm³/mol. The van der Waals surface area contributed by atoms with Crippen LogP contribution in [0.3, 0.4) is 0 Å². The summed E-state index contributed by atoms with van der Waals surface area (Å²) in [5.74, 6) is 0.0400. The molecule has 27 heavy (non-hydrogen) atoms. The molecule has 0 radical (unpaired) electrons. The first-order valence-electron chi connectivity index (χ1n) is 8.97. The van der Waals surface area contributed by atoms with Gasteiger partial charge in [0, 0.05) is 18.0 Å². The van der Waals surface area contributed by atoms with Crippen molar-refractivity contribution < 1.29 is 28.9 Å². The van der Waals surface area contributed by atoms with Crippen molar-refractivity contribution in [1.29, 1.82) is 0 Å². The summed E-state index contributed by atoms with van der Waals surface area (Å²) in [6, 6.07) is 0. The average molecular weight is 398 g/mol. The summed E-state index contributed by atoms with van der Waals surface area (Å²) >= 11 is 6.82. The molecular formula is C19H24ClNO6. The number of Topliss-reactive ketones (excluding diaryl/α,β-unsaturated/α-hetero) is 1. The van der Waals surface area contributed by atoms with Crippen LogP contribution in [0.1, 0.15) is 19.3 Å². The number of hydrogen-bond donors (Lipinski definition) is 1. The van der Waals surface area contributed by atoms with Crippen LogP contribution >= 0.6 is 11.6 Å². The summed E-state index contributed by atoms with van der Waals surface area (Å²) in [5, 5.41) is 10.5. The number of nitrogens with zero attached hydrogens (tertiary/aromatic N) is 1. The molecule has 1 saturated carbocycles. The van der Waals surface area contributed by atoms with Crippen LogP contribution in [0.4, 0.5) is 0 Å². The Labute approximate surface area is 162 Å². The number of carbonyl (C=O) groups is 2. The summed E-state index contributed by atoms with van der Waals surface area (Å²) in [7, 11) is 6.25. The van der Waals surface area contributed by atoms with Gasteiger partial charge >= 0.3 is 0 Å². The molecule has 1 N–H and O–H groups in total. The molecule has 7 nitrogen and oxygen atoms in total. The second kappa shape index (κ2) is 5.72. The highest BCUT2D eigenvalue weighted by molar-refractivity contribution is 6.26. The highest BCUT2D eigenvalue weighted by Crippen LogP contribution is 2.73. The topological polar surface area (TPSA) is 85.3 Å². The van der Waals surface area contributed by atoms with Gasteiger partial charge in [0.15, 0.2) is 5.78 Å². The largest absolute Gasteiger partial charge is 0.498 e. The molecule has 5 atom stereocenters. The van der Waals surface area contributed by atoms with E-state index in [2.05, 4.69) is 4.90 Å². The van der Waals surface area contributed by atoms with Gasteiger partial charge < -0.3 is 19.3 Å². The van der Waals surface area contributed by atoms with Crippen LogP contribution in [0.25, 0.3) is 0 Å². The van der Waals surface area contributed by atoms with Crippen molar-refractivity contribution in [3.05, 3.63) is 23.4 Å². The van der Waals surface area contributed by atoms with E-state index in [1.165, 1.54) is 27.4 Å². The van der Waals surface area contributed by atoms with E-state index in [4.69, 9.17) is 25.8 Å². The zero-order valence-electron chi connectivity index (χ0n) is 15.9. The number of allylic oxidation sites excluding steroid dienone is 2. The summed E-state index contributed by atoms with van der Waals surface area (Å²) < 4.78 is 16.1. The van der Waals surface area contributed by atoms with Crippen LogP contribution in [0.2, 0.25) is 0 Å². The zero-order valence-corrected chi connectivity index (χ0v) is 16.6. The molecular weight excluding hydrogens is 374 g/mol. The van der Waals surface area contributed by atoms with Crippen molar-refractivity contribution in [3.63, 3.8) is 0 Å². The van der Waals surface area contributed by atoms with E-state index in [0.29, 0.717) is 31.6 Å². The molecule has 4 rings (SSSR count). The molecule has 0 amide bonds. The first-order valence-corrected chi connectivity index (χ1v) is 9.41. The molecule has 3 aliphatic carbocycles. The number of hydrogen-bond acceptors (Lipinski definition) is 7. The van der Waals surface area contributed by atoms with E-state index >= 15 is 0 Å². The fourth-order valence-corrected chi connectivity index (χ4v) is 6.96. The number of ketones is 2. The van der Waals surface area contributed by atoms with Gasteiger partial charge in [-0.25, -0.2) is 0 Å². The summed E-state index contributed by atoms with van der Waals surface area (Å²) in [6.07, 6.45) is 1.19. The minimum atomic E-state index is -1.48.